The van der Waals surface area contributed by atoms with Gasteiger partial charge in [-0.3, -0.25) is 0 Å². The fraction of sp³-hybridized carbons (Fsp3) is 0. The van der Waals surface area contributed by atoms with Crippen LogP contribution in [0.15, 0.2) is 35.5 Å². The molecule has 0 spiro atoms. The van der Waals surface area contributed by atoms with Crippen LogP contribution in [0.1, 0.15) is 5.56 Å². The molecule has 1 aromatic rings. The van der Waals surface area contributed by atoms with Crippen molar-refractivity contribution < 1.29 is 5.11 Å². The first-order chi connectivity index (χ1) is 6.18. The van der Waals surface area contributed by atoms with Crippen molar-refractivity contribution >= 4 is 24.4 Å². The Balaban J connectivity index is 0.00000169. The lowest BCUT2D eigenvalue weighted by Gasteiger charge is -1.92. The van der Waals surface area contributed by atoms with Gasteiger partial charge in [-0.15, -0.1) is 12.4 Å². The zero-order valence-electron chi connectivity index (χ0n) is 7.42. The van der Waals surface area contributed by atoms with Gasteiger partial charge in [-0.25, -0.2) is 4.99 Å². The lowest BCUT2D eigenvalue weighted by molar-refractivity contribution is 0.475. The number of phenols is 1. The number of hydrogen-bond donors (Lipinski definition) is 3. The van der Waals surface area contributed by atoms with Crippen molar-refractivity contribution in [2.75, 3.05) is 0 Å². The second kappa shape index (κ2) is 5.88. The van der Waals surface area contributed by atoms with Crippen LogP contribution >= 0.6 is 12.4 Å². The molecule has 1 aromatic carbocycles. The number of aliphatic imine (C=N–C) groups is 1. The van der Waals surface area contributed by atoms with Crippen LogP contribution in [0.2, 0.25) is 0 Å². The van der Waals surface area contributed by atoms with E-state index in [9.17, 15) is 0 Å². The maximum absolute atomic E-state index is 8.98. The van der Waals surface area contributed by atoms with Gasteiger partial charge in [-0.1, -0.05) is 12.1 Å². The molecule has 0 fully saturated rings. The van der Waals surface area contributed by atoms with E-state index in [0.717, 1.165) is 5.56 Å². The zero-order chi connectivity index (χ0) is 9.68. The summed E-state index contributed by atoms with van der Waals surface area (Å²) in [4.78, 5) is 3.67. The normalized spacial score (nSPS) is 9.43. The van der Waals surface area contributed by atoms with Crippen LogP contribution in [0, 0.1) is 0 Å². The summed E-state index contributed by atoms with van der Waals surface area (Å²) in [6.45, 7) is 0. The summed E-state index contributed by atoms with van der Waals surface area (Å²) in [6.07, 6.45) is 3.24. The molecule has 0 heterocycles. The number of hydrogen-bond acceptors (Lipinski definition) is 2. The van der Waals surface area contributed by atoms with E-state index in [1.165, 1.54) is 6.20 Å². The zero-order valence-corrected chi connectivity index (χ0v) is 8.24. The van der Waals surface area contributed by atoms with Gasteiger partial charge >= 0.3 is 0 Å². The van der Waals surface area contributed by atoms with Crippen LogP contribution in [0.5, 0.6) is 5.75 Å². The van der Waals surface area contributed by atoms with Gasteiger partial charge in [-0.05, 0) is 23.8 Å². The molecule has 0 unspecified atom stereocenters. The number of halogens is 1. The van der Waals surface area contributed by atoms with Crippen molar-refractivity contribution in [3.05, 3.63) is 36.0 Å². The third-order valence-corrected chi connectivity index (χ3v) is 1.38. The summed E-state index contributed by atoms with van der Waals surface area (Å²) in [7, 11) is 0. The van der Waals surface area contributed by atoms with E-state index < -0.39 is 0 Å². The number of aromatic hydroxyl groups is 1. The first-order valence-electron chi connectivity index (χ1n) is 3.73. The maximum Gasteiger partial charge on any atom is 0.190 e. The molecule has 0 bridgehead atoms. The average molecular weight is 214 g/mol. The molecule has 14 heavy (non-hydrogen) atoms. The van der Waals surface area contributed by atoms with Crippen LogP contribution in [0.3, 0.4) is 0 Å². The summed E-state index contributed by atoms with van der Waals surface area (Å²) in [5.41, 5.74) is 11.2. The van der Waals surface area contributed by atoms with E-state index in [1.54, 1.807) is 30.3 Å². The van der Waals surface area contributed by atoms with Gasteiger partial charge in [-0.2, -0.15) is 0 Å². The minimum Gasteiger partial charge on any atom is -0.508 e. The Morgan fingerprint density at radius 2 is 1.79 bits per heavy atom. The van der Waals surface area contributed by atoms with Crippen LogP contribution in [-0.4, -0.2) is 11.1 Å². The van der Waals surface area contributed by atoms with Crippen molar-refractivity contribution in [3.8, 4) is 5.75 Å². The summed E-state index contributed by atoms with van der Waals surface area (Å²) < 4.78 is 0. The van der Waals surface area contributed by atoms with E-state index in [2.05, 4.69) is 4.99 Å². The second-order valence-electron chi connectivity index (χ2n) is 2.46. The van der Waals surface area contributed by atoms with Crippen molar-refractivity contribution in [3.63, 3.8) is 0 Å². The largest absolute Gasteiger partial charge is 0.508 e. The number of rotatable bonds is 2. The van der Waals surface area contributed by atoms with E-state index >= 15 is 0 Å². The SMILES string of the molecule is Cl.NC(N)=N/C=C/c1ccc(O)cc1. The van der Waals surface area contributed by atoms with Gasteiger partial charge in [0.25, 0.3) is 0 Å². The van der Waals surface area contributed by atoms with E-state index in [0.29, 0.717) is 0 Å². The Morgan fingerprint density at radius 3 is 2.29 bits per heavy atom. The highest BCUT2D eigenvalue weighted by Gasteiger charge is 1.86. The minimum atomic E-state index is 0. The minimum absolute atomic E-state index is 0. The van der Waals surface area contributed by atoms with Gasteiger partial charge in [0, 0.05) is 6.20 Å². The lowest BCUT2D eigenvalue weighted by atomic mass is 10.2. The molecule has 0 aliphatic rings. The fourth-order valence-corrected chi connectivity index (χ4v) is 0.795. The molecule has 0 aliphatic carbocycles. The van der Waals surface area contributed by atoms with E-state index in [1.807, 2.05) is 0 Å². The highest BCUT2D eigenvalue weighted by molar-refractivity contribution is 5.85. The second-order valence-corrected chi connectivity index (χ2v) is 2.46. The van der Waals surface area contributed by atoms with Gasteiger partial charge in [0.2, 0.25) is 0 Å². The quantitative estimate of drug-likeness (QED) is 0.507. The summed E-state index contributed by atoms with van der Waals surface area (Å²) in [5, 5.41) is 8.98. The highest BCUT2D eigenvalue weighted by atomic mass is 35.5. The number of nitrogens with zero attached hydrogens (tertiary/aromatic N) is 1. The summed E-state index contributed by atoms with van der Waals surface area (Å²) in [6, 6.07) is 6.70. The van der Waals surface area contributed by atoms with Gasteiger partial charge in [0.05, 0.1) is 0 Å². The maximum atomic E-state index is 8.98. The van der Waals surface area contributed by atoms with Crippen LogP contribution in [0.25, 0.3) is 6.08 Å². The Labute approximate surface area is 88.4 Å². The first kappa shape index (κ1) is 12.3. The highest BCUT2D eigenvalue weighted by Crippen LogP contribution is 2.10. The molecule has 5 heteroatoms. The smallest absolute Gasteiger partial charge is 0.190 e. The number of guanidine groups is 1. The molecule has 0 atom stereocenters. The third kappa shape index (κ3) is 4.37. The molecule has 4 nitrogen and oxygen atoms in total. The third-order valence-electron chi connectivity index (χ3n) is 1.38. The first-order valence-corrected chi connectivity index (χ1v) is 3.73. The molecular weight excluding hydrogens is 202 g/mol. The van der Waals surface area contributed by atoms with Crippen LogP contribution in [0.4, 0.5) is 0 Å². The van der Waals surface area contributed by atoms with Gasteiger partial charge < -0.3 is 16.6 Å². The Hall–Kier alpha value is -1.68. The van der Waals surface area contributed by atoms with Crippen molar-refractivity contribution in [2.45, 2.75) is 0 Å². The molecule has 1 rings (SSSR count). The van der Waals surface area contributed by atoms with Crippen molar-refractivity contribution in [1.82, 2.24) is 0 Å². The molecule has 0 saturated heterocycles. The topological polar surface area (TPSA) is 84.6 Å². The lowest BCUT2D eigenvalue weighted by Crippen LogP contribution is -2.21. The van der Waals surface area contributed by atoms with Crippen LogP contribution in [-0.2, 0) is 0 Å². The Bertz CT molecular complexity index is 328. The number of benzene rings is 1. The molecule has 76 valence electrons. The van der Waals surface area contributed by atoms with Crippen molar-refractivity contribution in [2.24, 2.45) is 16.5 Å². The Morgan fingerprint density at radius 1 is 1.21 bits per heavy atom. The number of phenolic OH excluding ortho intramolecular Hbond substituents is 1. The average Bonchev–Trinajstić information content (AvgIpc) is 2.08. The molecular formula is C9H12ClN3O. The van der Waals surface area contributed by atoms with Crippen LogP contribution < -0.4 is 11.5 Å². The summed E-state index contributed by atoms with van der Waals surface area (Å²) >= 11 is 0. The Kier molecular flexibility index (Phi) is 5.17. The molecule has 0 aromatic heterocycles. The standard InChI is InChI=1S/C9H11N3O.ClH/c10-9(11)12-6-5-7-1-3-8(13)4-2-7;/h1-6,13H,(H4,10,11,12);1H/b6-5+;. The van der Waals surface area contributed by atoms with E-state index in [-0.39, 0.29) is 24.1 Å². The van der Waals surface area contributed by atoms with Crippen molar-refractivity contribution in [1.29, 1.82) is 0 Å². The fourth-order valence-electron chi connectivity index (χ4n) is 0.795. The molecule has 0 aliphatic heterocycles. The molecule has 5 N–H and O–H groups in total. The predicted molar refractivity (Wildman–Crippen MR) is 60.2 cm³/mol. The molecule has 0 radical (unpaired) electrons. The van der Waals surface area contributed by atoms with Gasteiger partial charge in [0.15, 0.2) is 5.96 Å². The van der Waals surface area contributed by atoms with E-state index in [4.69, 9.17) is 16.6 Å². The molecule has 0 amide bonds. The molecule has 0 saturated carbocycles. The predicted octanol–water partition coefficient (Wildman–Crippen LogP) is 1.06. The van der Waals surface area contributed by atoms with Gasteiger partial charge in [0.1, 0.15) is 5.75 Å². The summed E-state index contributed by atoms with van der Waals surface area (Å²) in [5.74, 6) is 0.258. The number of nitrogens with two attached hydrogens (primary N) is 2. The monoisotopic (exact) mass is 213 g/mol.